The van der Waals surface area contributed by atoms with Gasteiger partial charge < -0.3 is 4.74 Å². The average molecular weight is 338 g/mol. The van der Waals surface area contributed by atoms with E-state index in [-0.39, 0.29) is 18.7 Å². The lowest BCUT2D eigenvalue weighted by Gasteiger charge is -2.15. The van der Waals surface area contributed by atoms with Gasteiger partial charge in [0.25, 0.3) is 0 Å². The summed E-state index contributed by atoms with van der Waals surface area (Å²) in [5, 5.41) is 0. The van der Waals surface area contributed by atoms with Gasteiger partial charge >= 0.3 is 5.97 Å². The van der Waals surface area contributed by atoms with Crippen molar-refractivity contribution in [1.29, 1.82) is 0 Å². The molecule has 2 aromatic rings. The average Bonchev–Trinajstić information content (AvgIpc) is 2.54. The first-order chi connectivity index (χ1) is 11.0. The van der Waals surface area contributed by atoms with Crippen LogP contribution in [0.1, 0.15) is 21.5 Å². The van der Waals surface area contributed by atoms with Crippen molar-refractivity contribution in [3.63, 3.8) is 0 Å². The van der Waals surface area contributed by atoms with E-state index in [1.54, 1.807) is 24.5 Å². The molecule has 0 saturated carbocycles. The van der Waals surface area contributed by atoms with Gasteiger partial charge in [-0.3, -0.25) is 4.98 Å². The molecule has 0 saturated heterocycles. The van der Waals surface area contributed by atoms with E-state index in [2.05, 4.69) is 9.72 Å². The van der Waals surface area contributed by atoms with E-state index in [9.17, 15) is 17.6 Å². The molecule has 0 spiro atoms. The highest BCUT2D eigenvalue weighted by molar-refractivity contribution is 7.69. The molecular formula is C15H15FN2O4S. The van der Waals surface area contributed by atoms with Gasteiger partial charge in [0.05, 0.1) is 12.7 Å². The monoisotopic (exact) mass is 338 g/mol. The number of nitrogens with zero attached hydrogens (tertiary/aromatic N) is 2. The summed E-state index contributed by atoms with van der Waals surface area (Å²) >= 11 is 0. The Morgan fingerprint density at radius 1 is 1.26 bits per heavy atom. The maximum atomic E-state index is 13.9. The predicted molar refractivity (Wildman–Crippen MR) is 81.5 cm³/mol. The highest BCUT2D eigenvalue weighted by Gasteiger charge is 2.15. The second-order valence-corrected chi connectivity index (χ2v) is 5.77. The number of esters is 1. The third-order valence-corrected chi connectivity index (χ3v) is 3.87. The summed E-state index contributed by atoms with van der Waals surface area (Å²) in [5.41, 5.74) is 0.957. The normalized spacial score (nSPS) is 11.0. The molecule has 0 bridgehead atoms. The van der Waals surface area contributed by atoms with Gasteiger partial charge in [0.2, 0.25) is 10.9 Å². The van der Waals surface area contributed by atoms with Gasteiger partial charge in [0.15, 0.2) is 0 Å². The molecule has 0 unspecified atom stereocenters. The topological polar surface area (TPSA) is 76.6 Å². The van der Waals surface area contributed by atoms with Crippen molar-refractivity contribution < 1.29 is 22.3 Å². The zero-order valence-corrected chi connectivity index (χ0v) is 13.2. The quantitative estimate of drug-likeness (QED) is 0.639. The number of thiol groups is 1. The van der Waals surface area contributed by atoms with Crippen molar-refractivity contribution in [1.82, 2.24) is 9.29 Å². The molecule has 2 rings (SSSR count). The number of carbonyl (C=O) groups excluding carboxylic acids is 1. The van der Waals surface area contributed by atoms with Gasteiger partial charge in [-0.25, -0.2) is 17.6 Å². The minimum Gasteiger partial charge on any atom is -0.465 e. The number of hydrogen-bond acceptors (Lipinski definition) is 5. The van der Waals surface area contributed by atoms with Gasteiger partial charge in [-0.05, 0) is 29.3 Å². The van der Waals surface area contributed by atoms with E-state index in [1.807, 2.05) is 0 Å². The number of methoxy groups -OCH3 is 1. The molecule has 0 aliphatic rings. The summed E-state index contributed by atoms with van der Waals surface area (Å²) in [6.07, 6.45) is 3.15. The summed E-state index contributed by atoms with van der Waals surface area (Å²) in [6, 6.07) is 7.35. The van der Waals surface area contributed by atoms with E-state index < -0.39 is 22.7 Å². The number of hydrogen-bond donors (Lipinski definition) is 1. The third kappa shape index (κ3) is 4.57. The van der Waals surface area contributed by atoms with Gasteiger partial charge in [0.1, 0.15) is 5.82 Å². The molecular weight excluding hydrogens is 323 g/mol. The lowest BCUT2D eigenvalue weighted by molar-refractivity contribution is 0.0595. The van der Waals surface area contributed by atoms with Crippen molar-refractivity contribution in [3.05, 3.63) is 65.2 Å². The highest BCUT2D eigenvalue weighted by Crippen LogP contribution is 2.15. The second kappa shape index (κ2) is 7.80. The fourth-order valence-electron chi connectivity index (χ4n) is 2.02. The first kappa shape index (κ1) is 17.0. The van der Waals surface area contributed by atoms with Crippen molar-refractivity contribution in [2.24, 2.45) is 0 Å². The molecule has 0 radical (unpaired) electrons. The smallest absolute Gasteiger partial charge is 0.340 e. The van der Waals surface area contributed by atoms with Crippen LogP contribution in [0, 0.1) is 5.82 Å². The van der Waals surface area contributed by atoms with Crippen molar-refractivity contribution in [2.75, 3.05) is 7.11 Å². The predicted octanol–water partition coefficient (Wildman–Crippen LogP) is 1.54. The summed E-state index contributed by atoms with van der Waals surface area (Å²) in [4.78, 5) is 15.3. The fraction of sp³-hybridized carbons (Fsp3) is 0.200. The Balaban J connectivity index is 2.17. The van der Waals surface area contributed by atoms with Crippen molar-refractivity contribution in [2.45, 2.75) is 13.1 Å². The van der Waals surface area contributed by atoms with Crippen molar-refractivity contribution in [3.8, 4) is 0 Å². The maximum Gasteiger partial charge on any atom is 0.340 e. The van der Waals surface area contributed by atoms with Crippen LogP contribution in [0.4, 0.5) is 4.39 Å². The van der Waals surface area contributed by atoms with Gasteiger partial charge in [-0.1, -0.05) is 12.1 Å². The van der Waals surface area contributed by atoms with Crippen LogP contribution < -0.4 is 0 Å². The molecule has 0 amide bonds. The molecule has 0 N–H and O–H groups in total. The molecule has 23 heavy (non-hydrogen) atoms. The first-order valence-electron chi connectivity index (χ1n) is 6.66. The number of halogens is 1. The largest absolute Gasteiger partial charge is 0.465 e. The Kier molecular flexibility index (Phi) is 5.78. The molecule has 0 fully saturated rings. The Hall–Kier alpha value is -2.32. The molecule has 1 heterocycles. The van der Waals surface area contributed by atoms with E-state index in [4.69, 9.17) is 0 Å². The van der Waals surface area contributed by atoms with Gasteiger partial charge in [0, 0.05) is 25.5 Å². The van der Waals surface area contributed by atoms with Crippen LogP contribution in [0.3, 0.4) is 0 Å². The molecule has 0 aliphatic heterocycles. The number of rotatable bonds is 6. The highest BCUT2D eigenvalue weighted by atomic mass is 32.2. The molecule has 122 valence electrons. The van der Waals surface area contributed by atoms with Gasteiger partial charge in [-0.2, -0.15) is 4.31 Å². The van der Waals surface area contributed by atoms with Crippen LogP contribution in [0.25, 0.3) is 0 Å². The minimum absolute atomic E-state index is 0.00797. The zero-order valence-electron chi connectivity index (χ0n) is 12.3. The Labute approximate surface area is 134 Å². The van der Waals surface area contributed by atoms with Crippen LogP contribution in [0.15, 0.2) is 42.7 Å². The molecule has 8 heteroatoms. The number of aromatic nitrogens is 1. The van der Waals surface area contributed by atoms with E-state index in [1.165, 1.54) is 16.4 Å². The molecule has 1 aromatic carbocycles. The summed E-state index contributed by atoms with van der Waals surface area (Å²) in [7, 11) is -1.69. The van der Waals surface area contributed by atoms with Crippen LogP contribution >= 0.6 is 0 Å². The lowest BCUT2D eigenvalue weighted by atomic mass is 10.1. The molecule has 0 atom stereocenters. The molecule has 6 nitrogen and oxygen atoms in total. The summed E-state index contributed by atoms with van der Waals surface area (Å²) < 4.78 is 42.3. The molecule has 1 aromatic heterocycles. The van der Waals surface area contributed by atoms with E-state index in [0.29, 0.717) is 5.56 Å². The number of pyridine rings is 1. The molecule has 0 aliphatic carbocycles. The Bertz CT molecular complexity index is 757. The van der Waals surface area contributed by atoms with Crippen molar-refractivity contribution >= 4 is 16.9 Å². The van der Waals surface area contributed by atoms with Crippen LogP contribution in [-0.4, -0.2) is 30.8 Å². The number of ether oxygens (including phenoxy) is 1. The van der Waals surface area contributed by atoms with Crippen LogP contribution in [-0.2, 0) is 28.7 Å². The standard InChI is InChI=1S/C15H15FN2O4S/c1-22-15(19)13-5-4-11(7-14(13)16)9-18(23(20)21)10-12-3-2-6-17-8-12/h2-8,23H,9-10H2,1H3. The number of benzene rings is 1. The minimum atomic E-state index is -2.85. The van der Waals surface area contributed by atoms with E-state index >= 15 is 0 Å². The summed E-state index contributed by atoms with van der Waals surface area (Å²) in [5.74, 6) is -1.53. The number of carbonyl (C=O) groups is 1. The summed E-state index contributed by atoms with van der Waals surface area (Å²) in [6.45, 7) is 0.124. The maximum absolute atomic E-state index is 13.9. The Morgan fingerprint density at radius 2 is 2.00 bits per heavy atom. The Morgan fingerprint density at radius 3 is 2.57 bits per heavy atom. The van der Waals surface area contributed by atoms with Crippen LogP contribution in [0.2, 0.25) is 0 Å². The lowest BCUT2D eigenvalue weighted by Crippen LogP contribution is -2.21. The third-order valence-electron chi connectivity index (χ3n) is 3.12. The SMILES string of the molecule is COC(=O)c1ccc(CN(Cc2cccnc2)[SH](=O)=O)cc1F. The van der Waals surface area contributed by atoms with Crippen LogP contribution in [0.5, 0.6) is 0 Å². The zero-order chi connectivity index (χ0) is 16.8. The fourth-order valence-corrected chi connectivity index (χ4v) is 2.57. The second-order valence-electron chi connectivity index (χ2n) is 4.73. The van der Waals surface area contributed by atoms with E-state index in [0.717, 1.165) is 18.7 Å². The first-order valence-corrected chi connectivity index (χ1v) is 7.79. The van der Waals surface area contributed by atoms with Gasteiger partial charge in [-0.15, -0.1) is 0 Å².